The van der Waals surface area contributed by atoms with Crippen LogP contribution >= 0.6 is 13.5 Å². The highest BCUT2D eigenvalue weighted by Crippen LogP contribution is 2.05. The van der Waals surface area contributed by atoms with Crippen molar-refractivity contribution in [2.75, 3.05) is 0 Å². The average molecular weight is 222 g/mol. The molecule has 0 aliphatic carbocycles. The summed E-state index contributed by atoms with van der Waals surface area (Å²) in [6, 6.07) is 0. The predicted octanol–water partition coefficient (Wildman–Crippen LogP) is 3.00. The van der Waals surface area contributed by atoms with E-state index in [0.29, 0.717) is 5.78 Å². The zero-order valence-corrected chi connectivity index (χ0v) is 10.6. The van der Waals surface area contributed by atoms with Gasteiger partial charge in [-0.1, -0.05) is 39.5 Å². The van der Waals surface area contributed by atoms with Gasteiger partial charge in [-0.25, -0.2) is 0 Å². The van der Waals surface area contributed by atoms with Gasteiger partial charge in [0.25, 0.3) is 0 Å². The SMILES string of the molecule is CCCCCC(=O)CCCCC.O.S. The maximum Gasteiger partial charge on any atom is 0.132 e. The molecule has 0 fully saturated rings. The molecule has 3 heteroatoms. The molecule has 0 aromatic heterocycles. The van der Waals surface area contributed by atoms with Crippen molar-refractivity contribution in [3.05, 3.63) is 0 Å². The highest BCUT2D eigenvalue weighted by Gasteiger charge is 1.99. The van der Waals surface area contributed by atoms with Crippen LogP contribution in [0.3, 0.4) is 0 Å². The molecular weight excluding hydrogens is 196 g/mol. The minimum Gasteiger partial charge on any atom is -0.412 e. The third-order valence-corrected chi connectivity index (χ3v) is 2.12. The first-order chi connectivity index (χ1) is 5.81. The van der Waals surface area contributed by atoms with Gasteiger partial charge < -0.3 is 5.48 Å². The van der Waals surface area contributed by atoms with Gasteiger partial charge >= 0.3 is 0 Å². The van der Waals surface area contributed by atoms with E-state index in [1.165, 1.54) is 25.7 Å². The molecule has 2 N–H and O–H groups in total. The minimum atomic E-state index is 0. The Hall–Kier alpha value is -0.0200. The lowest BCUT2D eigenvalue weighted by Crippen LogP contribution is -1.96. The summed E-state index contributed by atoms with van der Waals surface area (Å²) in [5.74, 6) is 0.469. The molecule has 0 aliphatic rings. The Balaban J connectivity index is -0.000000605. The summed E-state index contributed by atoms with van der Waals surface area (Å²) in [4.78, 5) is 11.2. The predicted molar refractivity (Wildman–Crippen MR) is 67.3 cm³/mol. The van der Waals surface area contributed by atoms with E-state index in [1.807, 2.05) is 0 Å². The van der Waals surface area contributed by atoms with E-state index >= 15 is 0 Å². The number of Topliss-reactive ketones (excluding diaryl/α,β-unsaturated/α-hetero) is 1. The summed E-state index contributed by atoms with van der Waals surface area (Å²) in [5.41, 5.74) is 0. The number of unbranched alkanes of at least 4 members (excludes halogenated alkanes) is 4. The van der Waals surface area contributed by atoms with Gasteiger partial charge in [0.15, 0.2) is 0 Å². The van der Waals surface area contributed by atoms with Crippen molar-refractivity contribution in [3.8, 4) is 0 Å². The van der Waals surface area contributed by atoms with Crippen molar-refractivity contribution in [3.63, 3.8) is 0 Å². The fourth-order valence-electron chi connectivity index (χ4n) is 1.27. The minimum absolute atomic E-state index is 0. The second-order valence-electron chi connectivity index (χ2n) is 3.45. The average Bonchev–Trinajstić information content (AvgIpc) is 2.06. The van der Waals surface area contributed by atoms with Crippen LogP contribution in [0.25, 0.3) is 0 Å². The molecule has 0 radical (unpaired) electrons. The van der Waals surface area contributed by atoms with Gasteiger partial charge in [-0.3, -0.25) is 4.79 Å². The molecule has 0 unspecified atom stereocenters. The van der Waals surface area contributed by atoms with Gasteiger partial charge in [-0.2, -0.15) is 13.5 Å². The third kappa shape index (κ3) is 14.5. The Morgan fingerprint density at radius 1 is 0.857 bits per heavy atom. The van der Waals surface area contributed by atoms with Gasteiger partial charge in [0, 0.05) is 12.8 Å². The molecule has 0 aromatic carbocycles. The molecule has 0 saturated heterocycles. The molecule has 0 saturated carbocycles. The fourth-order valence-corrected chi connectivity index (χ4v) is 1.27. The Kier molecular flexibility index (Phi) is 21.6. The number of hydrogen-bond donors (Lipinski definition) is 0. The van der Waals surface area contributed by atoms with E-state index in [9.17, 15) is 4.79 Å². The highest BCUT2D eigenvalue weighted by atomic mass is 32.1. The lowest BCUT2D eigenvalue weighted by Gasteiger charge is -1.98. The van der Waals surface area contributed by atoms with Crippen LogP contribution in [0.1, 0.15) is 65.2 Å². The maximum atomic E-state index is 11.2. The number of hydrogen-bond acceptors (Lipinski definition) is 1. The molecule has 0 rings (SSSR count). The molecule has 0 aliphatic heterocycles. The number of rotatable bonds is 8. The quantitative estimate of drug-likeness (QED) is 0.582. The lowest BCUT2D eigenvalue weighted by atomic mass is 10.1. The van der Waals surface area contributed by atoms with Crippen molar-refractivity contribution in [1.29, 1.82) is 0 Å². The smallest absolute Gasteiger partial charge is 0.132 e. The van der Waals surface area contributed by atoms with E-state index in [2.05, 4.69) is 13.8 Å². The Morgan fingerprint density at radius 3 is 1.50 bits per heavy atom. The number of carbonyl (C=O) groups excluding carboxylic acids is 1. The Morgan fingerprint density at radius 2 is 1.21 bits per heavy atom. The van der Waals surface area contributed by atoms with Crippen LogP contribution < -0.4 is 0 Å². The summed E-state index contributed by atoms with van der Waals surface area (Å²) in [5, 5.41) is 0. The number of ketones is 1. The molecule has 0 heterocycles. The number of carbonyl (C=O) groups is 1. The van der Waals surface area contributed by atoms with Gasteiger partial charge in [0.1, 0.15) is 5.78 Å². The second kappa shape index (κ2) is 15.5. The Bertz CT molecular complexity index is 104. The van der Waals surface area contributed by atoms with E-state index in [4.69, 9.17) is 0 Å². The van der Waals surface area contributed by atoms with Crippen LogP contribution in [0.4, 0.5) is 0 Å². The molecule has 0 atom stereocenters. The zero-order chi connectivity index (χ0) is 9.23. The van der Waals surface area contributed by atoms with Crippen LogP contribution in [0.5, 0.6) is 0 Å². The van der Waals surface area contributed by atoms with Crippen molar-refractivity contribution >= 4 is 19.3 Å². The van der Waals surface area contributed by atoms with Gasteiger partial charge in [0.05, 0.1) is 0 Å². The van der Waals surface area contributed by atoms with Crippen LogP contribution in [0.15, 0.2) is 0 Å². The molecule has 0 aromatic rings. The molecule has 88 valence electrons. The van der Waals surface area contributed by atoms with Crippen molar-refractivity contribution in [2.24, 2.45) is 0 Å². The normalized spacial score (nSPS) is 8.71. The summed E-state index contributed by atoms with van der Waals surface area (Å²) < 4.78 is 0. The van der Waals surface area contributed by atoms with Gasteiger partial charge in [0.2, 0.25) is 0 Å². The zero-order valence-electron chi connectivity index (χ0n) is 9.57. The molecular formula is C11H26O2S. The van der Waals surface area contributed by atoms with E-state index in [0.717, 1.165) is 25.7 Å². The van der Waals surface area contributed by atoms with Crippen LogP contribution in [0, 0.1) is 0 Å². The topological polar surface area (TPSA) is 48.6 Å². The molecule has 0 bridgehead atoms. The first kappa shape index (κ1) is 19.5. The van der Waals surface area contributed by atoms with E-state index in [-0.39, 0.29) is 19.0 Å². The van der Waals surface area contributed by atoms with Gasteiger partial charge in [-0.05, 0) is 12.8 Å². The monoisotopic (exact) mass is 222 g/mol. The lowest BCUT2D eigenvalue weighted by molar-refractivity contribution is -0.119. The van der Waals surface area contributed by atoms with Crippen LogP contribution in [0.2, 0.25) is 0 Å². The van der Waals surface area contributed by atoms with Crippen LogP contribution in [-0.4, -0.2) is 11.3 Å². The van der Waals surface area contributed by atoms with E-state index in [1.54, 1.807) is 0 Å². The largest absolute Gasteiger partial charge is 0.412 e. The van der Waals surface area contributed by atoms with E-state index < -0.39 is 0 Å². The molecule has 0 spiro atoms. The second-order valence-corrected chi connectivity index (χ2v) is 3.45. The standard InChI is InChI=1S/C11H22O.H2O.H2S/c1-3-5-7-9-11(12)10-8-6-4-2;;/h3-10H2,1-2H3;2*1H2. The van der Waals surface area contributed by atoms with Crippen molar-refractivity contribution in [2.45, 2.75) is 65.2 Å². The summed E-state index contributed by atoms with van der Waals surface area (Å²) in [6.07, 6.45) is 8.67. The Labute approximate surface area is 95.2 Å². The first-order valence-corrected chi connectivity index (χ1v) is 5.33. The summed E-state index contributed by atoms with van der Waals surface area (Å²) in [7, 11) is 0. The summed E-state index contributed by atoms with van der Waals surface area (Å²) in [6.45, 7) is 4.34. The fraction of sp³-hybridized carbons (Fsp3) is 0.909. The molecule has 14 heavy (non-hydrogen) atoms. The third-order valence-electron chi connectivity index (χ3n) is 2.12. The highest BCUT2D eigenvalue weighted by molar-refractivity contribution is 7.59. The first-order valence-electron chi connectivity index (χ1n) is 5.33. The van der Waals surface area contributed by atoms with Crippen molar-refractivity contribution in [1.82, 2.24) is 0 Å². The summed E-state index contributed by atoms with van der Waals surface area (Å²) >= 11 is 0. The molecule has 0 amide bonds. The van der Waals surface area contributed by atoms with Crippen molar-refractivity contribution < 1.29 is 10.3 Å². The van der Waals surface area contributed by atoms with Crippen LogP contribution in [-0.2, 0) is 4.79 Å². The van der Waals surface area contributed by atoms with Gasteiger partial charge in [-0.15, -0.1) is 0 Å². The molecule has 2 nitrogen and oxygen atoms in total. The maximum absolute atomic E-state index is 11.2.